The van der Waals surface area contributed by atoms with Gasteiger partial charge in [-0.25, -0.2) is 4.79 Å². The van der Waals surface area contributed by atoms with Crippen molar-refractivity contribution < 1.29 is 14.5 Å². The minimum atomic E-state index is -0.616. The molecule has 0 aromatic heterocycles. The van der Waals surface area contributed by atoms with Crippen LogP contribution in [0.5, 0.6) is 0 Å². The molecule has 0 saturated carbocycles. The van der Waals surface area contributed by atoms with Gasteiger partial charge in [-0.2, -0.15) is 0 Å². The molecule has 0 N–H and O–H groups in total. The summed E-state index contributed by atoms with van der Waals surface area (Å²) in [7, 11) is 1.22. The molecule has 0 bridgehead atoms. The van der Waals surface area contributed by atoms with Gasteiger partial charge < -0.3 is 4.74 Å². The van der Waals surface area contributed by atoms with Crippen molar-refractivity contribution in [1.29, 1.82) is 0 Å². The molecule has 8 heteroatoms. The van der Waals surface area contributed by atoms with E-state index in [1.807, 2.05) is 0 Å². The molecule has 1 aromatic rings. The predicted octanol–water partition coefficient (Wildman–Crippen LogP) is 3.82. The lowest BCUT2D eigenvalue weighted by Gasteiger charge is -2.09. The molecule has 0 heterocycles. The largest absolute Gasteiger partial charge is 0.465 e. The lowest BCUT2D eigenvalue weighted by atomic mass is 10.1. The van der Waals surface area contributed by atoms with Crippen molar-refractivity contribution in [3.63, 3.8) is 0 Å². The smallest absolute Gasteiger partial charge is 0.338 e. The predicted molar refractivity (Wildman–Crippen MR) is 70.0 cm³/mol. The second kappa shape index (κ2) is 5.79. The first kappa shape index (κ1) is 14.4. The first-order valence-corrected chi connectivity index (χ1v) is 6.43. The number of hydrogen-bond donors (Lipinski definition) is 0. The summed E-state index contributed by atoms with van der Waals surface area (Å²) in [6.07, 6.45) is 0. The highest BCUT2D eigenvalue weighted by molar-refractivity contribution is 9.24. The number of nitro benzene ring substituents is 1. The zero-order chi connectivity index (χ0) is 13.2. The van der Waals surface area contributed by atoms with Gasteiger partial charge in [0.05, 0.1) is 21.3 Å². The molecule has 5 nitrogen and oxygen atoms in total. The summed E-state index contributed by atoms with van der Waals surface area (Å²) in [6.45, 7) is 0. The van der Waals surface area contributed by atoms with Crippen LogP contribution in [0.4, 0.5) is 5.69 Å². The molecule has 1 aromatic carbocycles. The molecule has 0 aliphatic heterocycles. The second-order valence-corrected chi connectivity index (χ2v) is 6.41. The number of ether oxygens (including phenoxy) is 1. The Hall–Kier alpha value is -0.660. The van der Waals surface area contributed by atoms with Gasteiger partial charge in [0.15, 0.2) is 0 Å². The molecule has 0 amide bonds. The van der Waals surface area contributed by atoms with Crippen LogP contribution in [0.3, 0.4) is 0 Å². The molecule has 0 fully saturated rings. The highest BCUT2D eigenvalue weighted by Crippen LogP contribution is 2.37. The van der Waals surface area contributed by atoms with Crippen LogP contribution in [0, 0.1) is 10.1 Å². The van der Waals surface area contributed by atoms with Crippen LogP contribution in [0.1, 0.15) is 19.7 Å². The van der Waals surface area contributed by atoms with E-state index in [1.165, 1.54) is 19.2 Å². The average molecular weight is 387 g/mol. The number of nitro groups is 1. The van der Waals surface area contributed by atoms with E-state index >= 15 is 0 Å². The Morgan fingerprint density at radius 1 is 1.53 bits per heavy atom. The molecular formula is C9H6Br2ClNO4. The van der Waals surface area contributed by atoms with Gasteiger partial charge in [0, 0.05) is 6.07 Å². The second-order valence-electron chi connectivity index (χ2n) is 2.94. The van der Waals surface area contributed by atoms with Gasteiger partial charge in [0.25, 0.3) is 5.69 Å². The summed E-state index contributed by atoms with van der Waals surface area (Å²) >= 11 is 12.1. The number of carbonyl (C=O) groups excluding carboxylic acids is 1. The number of carbonyl (C=O) groups is 1. The molecule has 0 spiro atoms. The highest BCUT2D eigenvalue weighted by atomic mass is 79.9. The first-order valence-electron chi connectivity index (χ1n) is 4.22. The first-order chi connectivity index (χ1) is 7.88. The summed E-state index contributed by atoms with van der Waals surface area (Å²) in [5, 5.41) is 10.6. The quantitative estimate of drug-likeness (QED) is 0.342. The van der Waals surface area contributed by atoms with E-state index in [-0.39, 0.29) is 16.3 Å². The van der Waals surface area contributed by atoms with Crippen molar-refractivity contribution in [1.82, 2.24) is 0 Å². The van der Waals surface area contributed by atoms with Crippen molar-refractivity contribution in [3.05, 3.63) is 38.4 Å². The fourth-order valence-electron chi connectivity index (χ4n) is 1.19. The summed E-state index contributed by atoms with van der Waals surface area (Å²) in [6, 6.07) is 2.44. The number of nitrogens with zero attached hydrogens (tertiary/aromatic N) is 1. The summed E-state index contributed by atoms with van der Waals surface area (Å²) < 4.78 is 4.16. The molecule has 0 radical (unpaired) electrons. The van der Waals surface area contributed by atoms with Crippen molar-refractivity contribution >= 4 is 55.1 Å². The van der Waals surface area contributed by atoms with Crippen LogP contribution in [-0.4, -0.2) is 18.0 Å². The molecule has 0 saturated heterocycles. The minimum Gasteiger partial charge on any atom is -0.465 e. The number of benzene rings is 1. The van der Waals surface area contributed by atoms with Gasteiger partial charge in [0.1, 0.15) is 5.02 Å². The van der Waals surface area contributed by atoms with E-state index in [2.05, 4.69) is 36.6 Å². The average Bonchev–Trinajstić information content (AvgIpc) is 2.26. The fourth-order valence-corrected chi connectivity index (χ4v) is 2.18. The van der Waals surface area contributed by atoms with Gasteiger partial charge in [-0.3, -0.25) is 10.1 Å². The Morgan fingerprint density at radius 2 is 2.12 bits per heavy atom. The molecule has 17 heavy (non-hydrogen) atoms. The van der Waals surface area contributed by atoms with Crippen LogP contribution in [0.2, 0.25) is 5.02 Å². The van der Waals surface area contributed by atoms with Crippen molar-refractivity contribution in [2.24, 2.45) is 0 Å². The molecule has 0 unspecified atom stereocenters. The molecule has 1 rings (SSSR count). The SMILES string of the molecule is COC(=O)c1cc(Cl)c([N+](=O)[O-])cc1C(Br)Br. The van der Waals surface area contributed by atoms with Crippen molar-refractivity contribution in [2.75, 3.05) is 7.11 Å². The van der Waals surface area contributed by atoms with Crippen molar-refractivity contribution in [2.45, 2.75) is 3.74 Å². The Labute approximate surface area is 118 Å². The summed E-state index contributed by atoms with van der Waals surface area (Å²) in [5.41, 5.74) is 0.285. The lowest BCUT2D eigenvalue weighted by molar-refractivity contribution is -0.384. The number of hydrogen-bond acceptors (Lipinski definition) is 4. The maximum atomic E-state index is 11.5. The Bertz CT molecular complexity index is 478. The topological polar surface area (TPSA) is 69.4 Å². The number of rotatable bonds is 3. The number of alkyl halides is 2. The van der Waals surface area contributed by atoms with Crippen LogP contribution in [0.25, 0.3) is 0 Å². The lowest BCUT2D eigenvalue weighted by Crippen LogP contribution is -2.06. The van der Waals surface area contributed by atoms with Gasteiger partial charge in [-0.15, -0.1) is 0 Å². The van der Waals surface area contributed by atoms with E-state index in [9.17, 15) is 14.9 Å². The molecular weight excluding hydrogens is 381 g/mol. The third-order valence-electron chi connectivity index (χ3n) is 1.96. The van der Waals surface area contributed by atoms with E-state index in [0.29, 0.717) is 5.56 Å². The monoisotopic (exact) mass is 385 g/mol. The van der Waals surface area contributed by atoms with Crippen LogP contribution in [-0.2, 0) is 4.74 Å². The van der Waals surface area contributed by atoms with Crippen LogP contribution >= 0.6 is 43.5 Å². The molecule has 0 aliphatic carbocycles. The Balaban J connectivity index is 3.46. The van der Waals surface area contributed by atoms with E-state index < -0.39 is 14.6 Å². The molecule has 92 valence electrons. The fraction of sp³-hybridized carbons (Fsp3) is 0.222. The third kappa shape index (κ3) is 3.17. The maximum absolute atomic E-state index is 11.5. The Morgan fingerprint density at radius 3 is 2.53 bits per heavy atom. The summed E-state index contributed by atoms with van der Waals surface area (Å²) in [4.78, 5) is 21.6. The molecule has 0 aliphatic rings. The van der Waals surface area contributed by atoms with E-state index in [4.69, 9.17) is 11.6 Å². The van der Waals surface area contributed by atoms with E-state index in [0.717, 1.165) is 0 Å². The van der Waals surface area contributed by atoms with Gasteiger partial charge >= 0.3 is 5.97 Å². The van der Waals surface area contributed by atoms with Crippen LogP contribution in [0.15, 0.2) is 12.1 Å². The standard InChI is InChI=1S/C9H6Br2ClNO4/c1-17-9(14)5-2-6(12)7(13(15)16)3-4(5)8(10)11/h2-3,8H,1H3. The van der Waals surface area contributed by atoms with Gasteiger partial charge in [-0.1, -0.05) is 43.5 Å². The highest BCUT2D eigenvalue weighted by Gasteiger charge is 2.23. The molecule has 0 atom stereocenters. The third-order valence-corrected chi connectivity index (χ3v) is 3.25. The summed E-state index contributed by atoms with van der Waals surface area (Å²) in [5.74, 6) is -0.610. The van der Waals surface area contributed by atoms with E-state index in [1.54, 1.807) is 0 Å². The van der Waals surface area contributed by atoms with Gasteiger partial charge in [-0.05, 0) is 11.6 Å². The van der Waals surface area contributed by atoms with Crippen molar-refractivity contribution in [3.8, 4) is 0 Å². The Kier molecular flexibility index (Phi) is 4.91. The van der Waals surface area contributed by atoms with Gasteiger partial charge in [0.2, 0.25) is 0 Å². The minimum absolute atomic E-state index is 0.111. The number of esters is 1. The number of halogens is 3. The normalized spacial score (nSPS) is 10.4. The zero-order valence-corrected chi connectivity index (χ0v) is 12.4. The number of methoxy groups -OCH3 is 1. The van der Waals surface area contributed by atoms with Crippen LogP contribution < -0.4 is 0 Å². The maximum Gasteiger partial charge on any atom is 0.338 e. The zero-order valence-electron chi connectivity index (χ0n) is 8.45.